The van der Waals surface area contributed by atoms with Crippen LogP contribution in [0.15, 0.2) is 30.6 Å². The fourth-order valence-corrected chi connectivity index (χ4v) is 3.68. The molecular weight excluding hydrogens is 394 g/mol. The van der Waals surface area contributed by atoms with Crippen LogP contribution in [-0.2, 0) is 0 Å². The van der Waals surface area contributed by atoms with Gasteiger partial charge in [0.15, 0.2) is 17.3 Å². The molecule has 1 amide bonds. The number of hydrogen-bond donors (Lipinski definition) is 2. The Balaban J connectivity index is 1.64. The third-order valence-electron chi connectivity index (χ3n) is 5.56. The van der Waals surface area contributed by atoms with Crippen LogP contribution in [0.1, 0.15) is 30.2 Å². The van der Waals surface area contributed by atoms with Gasteiger partial charge < -0.3 is 24.8 Å². The van der Waals surface area contributed by atoms with E-state index in [1.807, 2.05) is 33.7 Å². The maximum Gasteiger partial charge on any atom is 0.253 e. The minimum Gasteiger partial charge on any atom is -0.395 e. The van der Waals surface area contributed by atoms with Crippen LogP contribution < -0.4 is 5.32 Å². The van der Waals surface area contributed by atoms with E-state index in [1.54, 1.807) is 6.33 Å². The van der Waals surface area contributed by atoms with E-state index in [-0.39, 0.29) is 18.6 Å². The highest BCUT2D eigenvalue weighted by atomic mass is 16.3. The second-order valence-electron chi connectivity index (χ2n) is 8.14. The molecule has 1 saturated heterocycles. The van der Waals surface area contributed by atoms with Crippen molar-refractivity contribution in [3.8, 4) is 11.4 Å². The van der Waals surface area contributed by atoms with Gasteiger partial charge in [-0.05, 0) is 33.0 Å². The number of piperazine rings is 1. The molecule has 3 heterocycles. The summed E-state index contributed by atoms with van der Waals surface area (Å²) < 4.78 is 2.00. The molecule has 2 N–H and O–H groups in total. The molecule has 1 aliphatic rings. The lowest BCUT2D eigenvalue weighted by molar-refractivity contribution is 0.0664. The average Bonchev–Trinajstić information content (AvgIpc) is 3.22. The van der Waals surface area contributed by atoms with Crippen LogP contribution in [0.2, 0.25) is 0 Å². The molecule has 0 saturated carbocycles. The van der Waals surface area contributed by atoms with Gasteiger partial charge in [-0.3, -0.25) is 4.79 Å². The summed E-state index contributed by atoms with van der Waals surface area (Å²) in [6.45, 7) is 7.79. The van der Waals surface area contributed by atoms with Crippen LogP contribution >= 0.6 is 0 Å². The number of nitrogens with zero attached hydrogens (tertiary/aromatic N) is 6. The van der Waals surface area contributed by atoms with Crippen LogP contribution in [-0.4, -0.2) is 86.7 Å². The number of amides is 1. The lowest BCUT2D eigenvalue weighted by Gasteiger charge is -2.32. The maximum atomic E-state index is 12.8. The summed E-state index contributed by atoms with van der Waals surface area (Å²) in [5, 5.41) is 12.3. The smallest absolute Gasteiger partial charge is 0.253 e. The van der Waals surface area contributed by atoms with E-state index in [9.17, 15) is 9.90 Å². The van der Waals surface area contributed by atoms with Crippen molar-refractivity contribution in [2.45, 2.75) is 19.9 Å². The molecule has 3 aromatic rings. The fraction of sp³-hybridized carbons (Fsp3) is 0.455. The van der Waals surface area contributed by atoms with Crippen LogP contribution in [0, 0.1) is 0 Å². The minimum absolute atomic E-state index is 0.00514. The Bertz CT molecular complexity index is 1050. The van der Waals surface area contributed by atoms with E-state index in [1.165, 1.54) is 0 Å². The van der Waals surface area contributed by atoms with E-state index < -0.39 is 0 Å². The Kier molecular flexibility index (Phi) is 6.15. The van der Waals surface area contributed by atoms with Gasteiger partial charge in [-0.15, -0.1) is 0 Å². The number of likely N-dealkylation sites (N-methyl/N-ethyl adjacent to an activating group) is 1. The van der Waals surface area contributed by atoms with Crippen LogP contribution in [0.25, 0.3) is 22.6 Å². The van der Waals surface area contributed by atoms with Crippen molar-refractivity contribution in [3.05, 3.63) is 36.2 Å². The fourth-order valence-electron chi connectivity index (χ4n) is 3.68. The highest BCUT2D eigenvalue weighted by Gasteiger charge is 2.21. The molecule has 0 atom stereocenters. The summed E-state index contributed by atoms with van der Waals surface area (Å²) in [5.41, 5.74) is 2.89. The lowest BCUT2D eigenvalue weighted by atomic mass is 10.1. The standard InChI is InChI=1S/C22H29N7O2/c1-15(2)29-14-24-18-20(23-8-13-30)25-19(26-21(18)29)16-4-6-17(7-5-16)22(31)28-11-9-27(3)10-12-28/h4-7,14-15,30H,8-13H2,1-3H3,(H,23,25,26). The number of fused-ring (bicyclic) bond motifs is 1. The summed E-state index contributed by atoms with van der Waals surface area (Å²) in [5.74, 6) is 1.19. The van der Waals surface area contributed by atoms with E-state index in [0.29, 0.717) is 29.3 Å². The number of aromatic nitrogens is 4. The van der Waals surface area contributed by atoms with Crippen molar-refractivity contribution >= 4 is 22.9 Å². The number of nitrogens with one attached hydrogen (secondary N) is 1. The quantitative estimate of drug-likeness (QED) is 0.624. The highest BCUT2D eigenvalue weighted by molar-refractivity contribution is 5.95. The van der Waals surface area contributed by atoms with Gasteiger partial charge in [0.2, 0.25) is 0 Å². The van der Waals surface area contributed by atoms with E-state index in [0.717, 1.165) is 37.4 Å². The maximum absolute atomic E-state index is 12.8. The zero-order chi connectivity index (χ0) is 22.0. The molecule has 1 fully saturated rings. The van der Waals surface area contributed by atoms with Crippen molar-refractivity contribution < 1.29 is 9.90 Å². The Hall–Kier alpha value is -3.04. The summed E-state index contributed by atoms with van der Waals surface area (Å²) in [4.78, 5) is 30.8. The molecule has 2 aromatic heterocycles. The summed E-state index contributed by atoms with van der Waals surface area (Å²) in [6, 6.07) is 7.64. The number of rotatable bonds is 6. The molecule has 0 radical (unpaired) electrons. The Morgan fingerprint density at radius 1 is 1.13 bits per heavy atom. The molecule has 164 valence electrons. The normalized spacial score (nSPS) is 15.1. The zero-order valence-electron chi connectivity index (χ0n) is 18.2. The Morgan fingerprint density at radius 3 is 2.48 bits per heavy atom. The van der Waals surface area contributed by atoms with Gasteiger partial charge in [-0.1, -0.05) is 12.1 Å². The topological polar surface area (TPSA) is 99.4 Å². The van der Waals surface area contributed by atoms with Gasteiger partial charge in [0.1, 0.15) is 5.52 Å². The summed E-state index contributed by atoms with van der Waals surface area (Å²) >= 11 is 0. The van der Waals surface area contributed by atoms with Crippen molar-refractivity contribution in [1.29, 1.82) is 0 Å². The third-order valence-corrected chi connectivity index (χ3v) is 5.56. The number of aliphatic hydroxyl groups is 1. The van der Waals surface area contributed by atoms with Crippen molar-refractivity contribution in [2.75, 3.05) is 51.7 Å². The van der Waals surface area contributed by atoms with E-state index in [4.69, 9.17) is 4.98 Å². The van der Waals surface area contributed by atoms with Crippen molar-refractivity contribution in [3.63, 3.8) is 0 Å². The molecule has 9 heteroatoms. The van der Waals surface area contributed by atoms with Gasteiger partial charge in [-0.2, -0.15) is 0 Å². The second-order valence-corrected chi connectivity index (χ2v) is 8.14. The molecule has 0 unspecified atom stereocenters. The van der Waals surface area contributed by atoms with Gasteiger partial charge >= 0.3 is 0 Å². The predicted molar refractivity (Wildman–Crippen MR) is 120 cm³/mol. The predicted octanol–water partition coefficient (Wildman–Crippen LogP) is 1.87. The molecule has 31 heavy (non-hydrogen) atoms. The Labute approximate surface area is 181 Å². The number of carbonyl (C=O) groups excluding carboxylic acids is 1. The highest BCUT2D eigenvalue weighted by Crippen LogP contribution is 2.26. The molecule has 0 bridgehead atoms. The van der Waals surface area contributed by atoms with Gasteiger partial charge in [0.05, 0.1) is 12.9 Å². The minimum atomic E-state index is -0.00514. The molecule has 9 nitrogen and oxygen atoms in total. The summed E-state index contributed by atoms with van der Waals surface area (Å²) in [6.07, 6.45) is 1.76. The zero-order valence-corrected chi connectivity index (χ0v) is 18.2. The molecule has 0 spiro atoms. The first-order valence-electron chi connectivity index (χ1n) is 10.7. The molecule has 0 aliphatic carbocycles. The molecule has 1 aromatic carbocycles. The van der Waals surface area contributed by atoms with E-state index in [2.05, 4.69) is 41.1 Å². The van der Waals surface area contributed by atoms with E-state index >= 15 is 0 Å². The molecular formula is C22H29N7O2. The second kappa shape index (κ2) is 8.99. The van der Waals surface area contributed by atoms with Gasteiger partial charge in [-0.25, -0.2) is 15.0 Å². The first kappa shape index (κ1) is 21.2. The summed E-state index contributed by atoms with van der Waals surface area (Å²) in [7, 11) is 2.07. The number of anilines is 1. The third kappa shape index (κ3) is 4.38. The number of carbonyl (C=O) groups is 1. The molecule has 1 aliphatic heterocycles. The molecule has 4 rings (SSSR count). The van der Waals surface area contributed by atoms with Crippen LogP contribution in [0.5, 0.6) is 0 Å². The van der Waals surface area contributed by atoms with Crippen molar-refractivity contribution in [1.82, 2.24) is 29.3 Å². The van der Waals surface area contributed by atoms with Crippen LogP contribution in [0.4, 0.5) is 5.82 Å². The largest absolute Gasteiger partial charge is 0.395 e. The van der Waals surface area contributed by atoms with Crippen molar-refractivity contribution in [2.24, 2.45) is 0 Å². The number of hydrogen-bond acceptors (Lipinski definition) is 7. The monoisotopic (exact) mass is 423 g/mol. The van der Waals surface area contributed by atoms with Gasteiger partial charge in [0.25, 0.3) is 5.91 Å². The lowest BCUT2D eigenvalue weighted by Crippen LogP contribution is -2.47. The number of benzene rings is 1. The SMILES string of the molecule is CC(C)n1cnc2c(NCCO)nc(-c3ccc(C(=O)N4CCN(C)CC4)cc3)nc21. The average molecular weight is 424 g/mol. The number of imidazole rings is 1. The number of aliphatic hydroxyl groups excluding tert-OH is 1. The van der Waals surface area contributed by atoms with Crippen LogP contribution in [0.3, 0.4) is 0 Å². The Morgan fingerprint density at radius 2 is 1.84 bits per heavy atom. The first-order chi connectivity index (χ1) is 15.0. The first-order valence-corrected chi connectivity index (χ1v) is 10.7. The van der Waals surface area contributed by atoms with Gasteiger partial charge in [0, 0.05) is 49.9 Å².